The highest BCUT2D eigenvalue weighted by Gasteiger charge is 2.54. The number of nitrogens with zero attached hydrogens (tertiary/aromatic N) is 1. The van der Waals surface area contributed by atoms with Crippen LogP contribution in [0.4, 0.5) is 9.59 Å². The third-order valence-electron chi connectivity index (χ3n) is 5.90. The monoisotopic (exact) mass is 384 g/mol. The fourth-order valence-electron chi connectivity index (χ4n) is 4.56. The number of hydrogen-bond donors (Lipinski definition) is 3. The van der Waals surface area contributed by atoms with Crippen molar-refractivity contribution < 1.29 is 19.2 Å². The first-order valence-corrected chi connectivity index (χ1v) is 9.82. The second kappa shape index (κ2) is 7.26. The van der Waals surface area contributed by atoms with E-state index in [4.69, 9.17) is 0 Å². The third kappa shape index (κ3) is 3.23. The molecule has 4 rings (SSSR count). The highest BCUT2D eigenvalue weighted by Crippen LogP contribution is 2.39. The lowest BCUT2D eigenvalue weighted by Gasteiger charge is -2.33. The summed E-state index contributed by atoms with van der Waals surface area (Å²) in [6.07, 6.45) is 6.04. The minimum absolute atomic E-state index is 0.0755. The minimum Gasteiger partial charge on any atom is -0.335 e. The van der Waals surface area contributed by atoms with Gasteiger partial charge in [0.15, 0.2) is 0 Å². The normalized spacial score (nSPS) is 24.2. The molecule has 0 bridgehead atoms. The lowest BCUT2D eigenvalue weighted by molar-refractivity contribution is -0.135. The molecule has 1 saturated heterocycles. The molecule has 1 heterocycles. The van der Waals surface area contributed by atoms with E-state index in [0.717, 1.165) is 54.6 Å². The topological polar surface area (TPSA) is 108 Å². The average Bonchev–Trinajstić information content (AvgIpc) is 3.25. The number of amides is 6. The molecule has 1 saturated carbocycles. The van der Waals surface area contributed by atoms with Gasteiger partial charge in [-0.05, 0) is 43.2 Å². The van der Waals surface area contributed by atoms with Crippen molar-refractivity contribution in [1.82, 2.24) is 20.9 Å². The number of nitrogens with one attached hydrogen (secondary N) is 3. The van der Waals surface area contributed by atoms with Crippen LogP contribution in [0, 0.1) is 0 Å². The predicted molar refractivity (Wildman–Crippen MR) is 100 cm³/mol. The Morgan fingerprint density at radius 3 is 2.68 bits per heavy atom. The Bertz CT molecular complexity index is 833. The van der Waals surface area contributed by atoms with Gasteiger partial charge >= 0.3 is 12.1 Å². The molecule has 1 atom stereocenters. The summed E-state index contributed by atoms with van der Waals surface area (Å²) >= 11 is 0. The average molecular weight is 384 g/mol. The van der Waals surface area contributed by atoms with Crippen LogP contribution in [0.1, 0.15) is 49.7 Å². The summed E-state index contributed by atoms with van der Waals surface area (Å²) in [6.45, 7) is -0.479. The van der Waals surface area contributed by atoms with E-state index in [9.17, 15) is 19.2 Å². The van der Waals surface area contributed by atoms with Crippen LogP contribution < -0.4 is 16.0 Å². The summed E-state index contributed by atoms with van der Waals surface area (Å²) in [5.41, 5.74) is 0.712. The first-order valence-electron chi connectivity index (χ1n) is 9.82. The summed E-state index contributed by atoms with van der Waals surface area (Å²) in [7, 11) is 0. The second-order valence-corrected chi connectivity index (χ2v) is 7.74. The van der Waals surface area contributed by atoms with Gasteiger partial charge in [0.25, 0.3) is 5.91 Å². The fourth-order valence-corrected chi connectivity index (χ4v) is 4.56. The summed E-state index contributed by atoms with van der Waals surface area (Å²) in [4.78, 5) is 50.7. The van der Waals surface area contributed by atoms with Gasteiger partial charge in [0.05, 0.1) is 0 Å². The first kappa shape index (κ1) is 18.5. The Kier molecular flexibility index (Phi) is 4.78. The molecule has 2 fully saturated rings. The van der Waals surface area contributed by atoms with Gasteiger partial charge in [0.1, 0.15) is 12.1 Å². The van der Waals surface area contributed by atoms with Gasteiger partial charge in [-0.15, -0.1) is 0 Å². The van der Waals surface area contributed by atoms with Crippen LogP contribution in [0.3, 0.4) is 0 Å². The van der Waals surface area contributed by atoms with Crippen molar-refractivity contribution in [3.8, 4) is 0 Å². The maximum Gasteiger partial charge on any atom is 0.325 e. The molecule has 6 amide bonds. The summed E-state index contributed by atoms with van der Waals surface area (Å²) in [6, 6.07) is 6.45. The van der Waals surface area contributed by atoms with Crippen molar-refractivity contribution in [1.29, 1.82) is 0 Å². The van der Waals surface area contributed by atoms with E-state index in [2.05, 4.69) is 16.0 Å². The fraction of sp³-hybridized carbons (Fsp3) is 0.500. The molecule has 1 unspecified atom stereocenters. The summed E-state index contributed by atoms with van der Waals surface area (Å²) in [5, 5.41) is 7.77. The molecule has 3 aliphatic rings. The molecule has 28 heavy (non-hydrogen) atoms. The SMILES string of the molecule is O=C(CN1C(=O)NC2(CCCc3ccccc32)C1=O)NC(=O)NC1CCCC1. The Hall–Kier alpha value is -2.90. The van der Waals surface area contributed by atoms with Crippen LogP contribution in [0.5, 0.6) is 0 Å². The highest BCUT2D eigenvalue weighted by atomic mass is 16.2. The maximum atomic E-state index is 13.1. The molecule has 1 aromatic carbocycles. The molecule has 1 aromatic rings. The Morgan fingerprint density at radius 1 is 1.14 bits per heavy atom. The van der Waals surface area contributed by atoms with E-state index in [1.807, 2.05) is 24.3 Å². The number of benzene rings is 1. The van der Waals surface area contributed by atoms with Gasteiger partial charge in [-0.25, -0.2) is 9.59 Å². The predicted octanol–water partition coefficient (Wildman–Crippen LogP) is 1.54. The molecule has 148 valence electrons. The standard InChI is InChI=1S/C20H24N4O4/c25-16(22-18(27)21-14-8-2-3-9-14)12-24-17(26)20(23-19(24)28)11-5-7-13-6-1-4-10-15(13)20/h1,4,6,10,14H,2-3,5,7-9,11-12H2,(H,23,28)(H2,21,22,25,27). The van der Waals surface area contributed by atoms with Crippen molar-refractivity contribution >= 4 is 23.9 Å². The zero-order chi connectivity index (χ0) is 19.7. The van der Waals surface area contributed by atoms with Crippen LogP contribution in [-0.2, 0) is 21.5 Å². The lowest BCUT2D eigenvalue weighted by Crippen LogP contribution is -2.49. The number of rotatable bonds is 3. The van der Waals surface area contributed by atoms with Crippen LogP contribution in [-0.4, -0.2) is 41.4 Å². The second-order valence-electron chi connectivity index (χ2n) is 7.74. The largest absolute Gasteiger partial charge is 0.335 e. The van der Waals surface area contributed by atoms with Crippen molar-refractivity contribution in [3.63, 3.8) is 0 Å². The number of carbonyl (C=O) groups excluding carboxylic acids is 4. The first-order chi connectivity index (χ1) is 13.5. The van der Waals surface area contributed by atoms with Crippen molar-refractivity contribution in [2.45, 2.75) is 56.5 Å². The van der Waals surface area contributed by atoms with Gasteiger partial charge in [0, 0.05) is 6.04 Å². The van der Waals surface area contributed by atoms with Gasteiger partial charge < -0.3 is 10.6 Å². The Balaban J connectivity index is 1.43. The third-order valence-corrected chi connectivity index (χ3v) is 5.90. The number of carbonyl (C=O) groups is 4. The number of hydrogen-bond acceptors (Lipinski definition) is 4. The van der Waals surface area contributed by atoms with Crippen LogP contribution in [0.2, 0.25) is 0 Å². The Labute approximate surface area is 163 Å². The number of imide groups is 2. The van der Waals surface area contributed by atoms with Crippen LogP contribution in [0.15, 0.2) is 24.3 Å². The molecule has 3 N–H and O–H groups in total. The quantitative estimate of drug-likeness (QED) is 0.687. The van der Waals surface area contributed by atoms with E-state index in [-0.39, 0.29) is 6.04 Å². The minimum atomic E-state index is -1.11. The molecule has 8 nitrogen and oxygen atoms in total. The van der Waals surface area contributed by atoms with Gasteiger partial charge in [0.2, 0.25) is 5.91 Å². The van der Waals surface area contributed by atoms with Gasteiger partial charge in [-0.2, -0.15) is 0 Å². The molecule has 1 aliphatic heterocycles. The molecule has 1 spiro atoms. The van der Waals surface area contributed by atoms with Gasteiger partial charge in [-0.1, -0.05) is 37.1 Å². The molecule has 0 aromatic heterocycles. The molecule has 8 heteroatoms. The molecule has 0 radical (unpaired) electrons. The smallest absolute Gasteiger partial charge is 0.325 e. The molecular formula is C20H24N4O4. The van der Waals surface area contributed by atoms with E-state index >= 15 is 0 Å². The summed E-state index contributed by atoms with van der Waals surface area (Å²) < 4.78 is 0. The number of fused-ring (bicyclic) bond motifs is 2. The maximum absolute atomic E-state index is 13.1. The zero-order valence-corrected chi connectivity index (χ0v) is 15.6. The summed E-state index contributed by atoms with van der Waals surface area (Å²) in [5.74, 6) is -1.11. The number of aryl methyl sites for hydroxylation is 1. The Morgan fingerprint density at radius 2 is 1.89 bits per heavy atom. The zero-order valence-electron chi connectivity index (χ0n) is 15.6. The molecular weight excluding hydrogens is 360 g/mol. The van der Waals surface area contributed by atoms with Crippen molar-refractivity contribution in [2.24, 2.45) is 0 Å². The van der Waals surface area contributed by atoms with Crippen molar-refractivity contribution in [3.05, 3.63) is 35.4 Å². The van der Waals surface area contributed by atoms with Crippen molar-refractivity contribution in [2.75, 3.05) is 6.54 Å². The van der Waals surface area contributed by atoms with E-state index in [0.29, 0.717) is 6.42 Å². The number of urea groups is 2. The van der Waals surface area contributed by atoms with Crippen LogP contribution >= 0.6 is 0 Å². The van der Waals surface area contributed by atoms with E-state index < -0.39 is 36.0 Å². The van der Waals surface area contributed by atoms with Crippen LogP contribution in [0.25, 0.3) is 0 Å². The lowest BCUT2D eigenvalue weighted by atomic mass is 9.76. The van der Waals surface area contributed by atoms with Gasteiger partial charge in [-0.3, -0.25) is 19.8 Å². The molecule has 2 aliphatic carbocycles. The highest BCUT2D eigenvalue weighted by molar-refractivity contribution is 6.10. The van der Waals surface area contributed by atoms with E-state index in [1.54, 1.807) is 0 Å². The van der Waals surface area contributed by atoms with E-state index in [1.165, 1.54) is 0 Å².